The van der Waals surface area contributed by atoms with Crippen LogP contribution in [0, 0.1) is 11.6 Å². The van der Waals surface area contributed by atoms with E-state index in [4.69, 9.17) is 0 Å². The Labute approximate surface area is 240 Å². The number of benzene rings is 2. The zero-order chi connectivity index (χ0) is 30.0. The van der Waals surface area contributed by atoms with Crippen LogP contribution in [0.4, 0.5) is 20.3 Å². The van der Waals surface area contributed by atoms with Gasteiger partial charge in [-0.15, -0.1) is 0 Å². The monoisotopic (exact) mass is 573 g/mol. The van der Waals surface area contributed by atoms with E-state index in [9.17, 15) is 28.0 Å². The Balaban J connectivity index is 1.24. The number of carbonyl (C=O) groups is 4. The van der Waals surface area contributed by atoms with Crippen molar-refractivity contribution in [1.29, 1.82) is 0 Å². The van der Waals surface area contributed by atoms with Crippen LogP contribution in [-0.4, -0.2) is 57.0 Å². The largest absolute Gasteiger partial charge is 0.326 e. The highest BCUT2D eigenvalue weighted by Gasteiger charge is 2.51. The maximum absolute atomic E-state index is 14.2. The highest BCUT2D eigenvalue weighted by molar-refractivity contribution is 6.06. The number of hydrogen-bond acceptors (Lipinski definition) is 5. The second-order valence-corrected chi connectivity index (χ2v) is 11.7. The molecule has 9 nitrogen and oxygen atoms in total. The minimum Gasteiger partial charge on any atom is -0.326 e. The van der Waals surface area contributed by atoms with Gasteiger partial charge < -0.3 is 20.4 Å². The Morgan fingerprint density at radius 3 is 2.48 bits per heavy atom. The maximum Gasteiger partial charge on any atom is 0.249 e. The van der Waals surface area contributed by atoms with E-state index in [1.807, 2.05) is 18.2 Å². The molecule has 0 unspecified atom stereocenters. The molecular weight excluding hydrogens is 544 g/mol. The highest BCUT2D eigenvalue weighted by Crippen LogP contribution is 2.47. The minimum atomic E-state index is -1.27. The van der Waals surface area contributed by atoms with Crippen LogP contribution in [0.3, 0.4) is 0 Å². The number of piperazine rings is 1. The Bertz CT molecular complexity index is 1650. The zero-order valence-electron chi connectivity index (χ0n) is 23.3. The second-order valence-electron chi connectivity index (χ2n) is 11.7. The van der Waals surface area contributed by atoms with Crippen LogP contribution in [-0.2, 0) is 37.4 Å². The molecule has 6 rings (SSSR count). The molecule has 3 heterocycles. The third-order valence-electron chi connectivity index (χ3n) is 8.62. The minimum absolute atomic E-state index is 0.0381. The molecule has 1 aromatic heterocycles. The van der Waals surface area contributed by atoms with E-state index in [0.29, 0.717) is 24.3 Å². The number of halogens is 2. The Hall–Kier alpha value is -4.67. The number of aromatic nitrogens is 1. The van der Waals surface area contributed by atoms with Crippen LogP contribution in [0.1, 0.15) is 49.1 Å². The average molecular weight is 574 g/mol. The molecule has 4 amide bonds. The molecule has 2 aromatic carbocycles. The fraction of sp³-hybridized carbons (Fsp3) is 0.323. The van der Waals surface area contributed by atoms with Gasteiger partial charge in [-0.05, 0) is 73.7 Å². The van der Waals surface area contributed by atoms with Gasteiger partial charge in [0.05, 0.1) is 11.5 Å². The molecule has 11 heteroatoms. The van der Waals surface area contributed by atoms with Crippen molar-refractivity contribution in [2.75, 3.05) is 23.7 Å². The molecule has 42 heavy (non-hydrogen) atoms. The number of anilines is 2. The van der Waals surface area contributed by atoms with Gasteiger partial charge in [0.2, 0.25) is 23.6 Å². The molecular formula is C31H29F2N5O4. The number of amides is 4. The number of fused-ring (bicyclic) bond motifs is 3. The Morgan fingerprint density at radius 1 is 1.05 bits per heavy atom. The Kier molecular flexibility index (Phi) is 6.36. The summed E-state index contributed by atoms with van der Waals surface area (Å²) in [6, 6.07) is 11.1. The fourth-order valence-electron chi connectivity index (χ4n) is 6.57. The lowest BCUT2D eigenvalue weighted by atomic mass is 9.79. The number of nitrogens with one attached hydrogen (secondary N) is 2. The van der Waals surface area contributed by atoms with E-state index in [1.165, 1.54) is 16.7 Å². The normalized spacial score (nSPS) is 22.2. The van der Waals surface area contributed by atoms with E-state index >= 15 is 0 Å². The molecule has 3 aromatic rings. The average Bonchev–Trinajstić information content (AvgIpc) is 3.43. The summed E-state index contributed by atoms with van der Waals surface area (Å²) < 4.78 is 28.3. The summed E-state index contributed by atoms with van der Waals surface area (Å²) in [7, 11) is 0. The standard InChI is InChI=1S/C31H29F2N5O4/c1-17(39)38-15-25(19-9-21(32)12-22(33)10-19)37(29(42)30(38,2)3)16-26(40)35-23-7-6-18-13-31(14-20(18)11-23)24-5-4-8-34-27(24)36-28(31)41/h4-12,25H,13-16H2,1-3H3,(H,35,40)(H,34,36,41)/t25-,31+/m0/s1. The van der Waals surface area contributed by atoms with Crippen molar-refractivity contribution in [2.24, 2.45) is 0 Å². The summed E-state index contributed by atoms with van der Waals surface area (Å²) in [6.45, 7) is 4.03. The fourth-order valence-corrected chi connectivity index (χ4v) is 6.57. The molecule has 0 saturated carbocycles. The first-order chi connectivity index (χ1) is 19.9. The van der Waals surface area contributed by atoms with E-state index < -0.39 is 47.0 Å². The van der Waals surface area contributed by atoms with Gasteiger partial charge in [-0.1, -0.05) is 12.1 Å². The maximum atomic E-state index is 14.2. The molecule has 2 atom stereocenters. The molecule has 1 saturated heterocycles. The van der Waals surface area contributed by atoms with E-state index in [1.54, 1.807) is 32.2 Å². The lowest BCUT2D eigenvalue weighted by Crippen LogP contribution is -2.65. The third-order valence-corrected chi connectivity index (χ3v) is 8.62. The first-order valence-corrected chi connectivity index (χ1v) is 13.6. The van der Waals surface area contributed by atoms with Gasteiger partial charge in [0.25, 0.3) is 0 Å². The molecule has 2 N–H and O–H groups in total. The topological polar surface area (TPSA) is 112 Å². The number of pyridine rings is 1. The summed E-state index contributed by atoms with van der Waals surface area (Å²) in [5.74, 6) is -2.61. The van der Waals surface area contributed by atoms with Crippen molar-refractivity contribution in [2.45, 2.75) is 50.6 Å². The second kappa shape index (κ2) is 9.71. The summed E-state index contributed by atoms with van der Waals surface area (Å²) in [4.78, 5) is 59.3. The third kappa shape index (κ3) is 4.40. The van der Waals surface area contributed by atoms with Crippen molar-refractivity contribution in [3.63, 3.8) is 0 Å². The zero-order valence-corrected chi connectivity index (χ0v) is 23.3. The molecule has 0 bridgehead atoms. The first kappa shape index (κ1) is 27.5. The quantitative estimate of drug-likeness (QED) is 0.497. The number of hydrogen-bond donors (Lipinski definition) is 2. The van der Waals surface area contributed by atoms with Crippen LogP contribution in [0.15, 0.2) is 54.7 Å². The van der Waals surface area contributed by atoms with Gasteiger partial charge in [0.15, 0.2) is 0 Å². The van der Waals surface area contributed by atoms with Crippen molar-refractivity contribution < 1.29 is 28.0 Å². The van der Waals surface area contributed by atoms with Crippen molar-refractivity contribution >= 4 is 35.1 Å². The van der Waals surface area contributed by atoms with Crippen molar-refractivity contribution in [3.05, 3.63) is 88.6 Å². The van der Waals surface area contributed by atoms with Crippen molar-refractivity contribution in [1.82, 2.24) is 14.8 Å². The van der Waals surface area contributed by atoms with Crippen LogP contribution < -0.4 is 10.6 Å². The molecule has 2 aliphatic heterocycles. The summed E-state index contributed by atoms with van der Waals surface area (Å²) in [6.07, 6.45) is 2.59. The molecule has 1 aliphatic carbocycles. The highest BCUT2D eigenvalue weighted by atomic mass is 19.1. The lowest BCUT2D eigenvalue weighted by molar-refractivity contribution is -0.163. The molecule has 216 valence electrons. The van der Waals surface area contributed by atoms with Crippen LogP contribution in [0.5, 0.6) is 0 Å². The van der Waals surface area contributed by atoms with Crippen LogP contribution >= 0.6 is 0 Å². The predicted octanol–water partition coefficient (Wildman–Crippen LogP) is 3.50. The van der Waals surface area contributed by atoms with Crippen LogP contribution in [0.25, 0.3) is 0 Å². The number of carbonyl (C=O) groups excluding carboxylic acids is 4. The summed E-state index contributed by atoms with van der Waals surface area (Å²) >= 11 is 0. The molecule has 1 spiro atoms. The van der Waals surface area contributed by atoms with Crippen LogP contribution in [0.2, 0.25) is 0 Å². The van der Waals surface area contributed by atoms with Gasteiger partial charge in [-0.3, -0.25) is 19.2 Å². The molecule has 1 fully saturated rings. The van der Waals surface area contributed by atoms with Gasteiger partial charge >= 0.3 is 0 Å². The first-order valence-electron chi connectivity index (χ1n) is 13.6. The Morgan fingerprint density at radius 2 is 1.76 bits per heavy atom. The van der Waals surface area contributed by atoms with E-state index in [2.05, 4.69) is 15.6 Å². The lowest BCUT2D eigenvalue weighted by Gasteiger charge is -2.49. The van der Waals surface area contributed by atoms with Gasteiger partial charge in [0, 0.05) is 37.0 Å². The van der Waals surface area contributed by atoms with Crippen molar-refractivity contribution in [3.8, 4) is 0 Å². The van der Waals surface area contributed by atoms with E-state index in [-0.39, 0.29) is 23.9 Å². The summed E-state index contributed by atoms with van der Waals surface area (Å²) in [5, 5.41) is 5.70. The van der Waals surface area contributed by atoms with Gasteiger partial charge in [-0.25, -0.2) is 13.8 Å². The molecule has 3 aliphatic rings. The molecule has 0 radical (unpaired) electrons. The predicted molar refractivity (Wildman–Crippen MR) is 149 cm³/mol. The SMILES string of the molecule is CC(=O)N1C[C@@H](c2cc(F)cc(F)c2)N(CC(=O)Nc2ccc3c(c2)C[C@@]2(C3)C(=O)Nc3ncccc32)C(=O)C1(C)C. The van der Waals surface area contributed by atoms with Gasteiger partial charge in [0.1, 0.15) is 29.5 Å². The summed E-state index contributed by atoms with van der Waals surface area (Å²) in [5.41, 5.74) is 1.36. The number of nitrogens with zero attached hydrogens (tertiary/aromatic N) is 3. The van der Waals surface area contributed by atoms with E-state index in [0.717, 1.165) is 34.9 Å². The number of rotatable bonds is 4. The van der Waals surface area contributed by atoms with Gasteiger partial charge in [-0.2, -0.15) is 0 Å². The smallest absolute Gasteiger partial charge is 0.249 e.